The highest BCUT2D eigenvalue weighted by atomic mass is 35.5. The van der Waals surface area contributed by atoms with Gasteiger partial charge in [-0.15, -0.1) is 24.8 Å². The molecule has 11 heteroatoms. The molecule has 1 amide bonds. The van der Waals surface area contributed by atoms with Crippen molar-refractivity contribution in [1.82, 2.24) is 34.8 Å². The maximum absolute atomic E-state index is 12.6. The number of aromatic nitrogens is 6. The molecule has 0 saturated carbocycles. The first kappa shape index (κ1) is 20.8. The lowest BCUT2D eigenvalue weighted by Gasteiger charge is -2.22. The third kappa shape index (κ3) is 4.62. The molecule has 3 aromatic heterocycles. The second-order valence-corrected chi connectivity index (χ2v) is 5.85. The van der Waals surface area contributed by atoms with Crippen molar-refractivity contribution in [2.45, 2.75) is 18.9 Å². The third-order valence-electron chi connectivity index (χ3n) is 4.16. The van der Waals surface area contributed by atoms with Crippen LogP contribution in [0, 0.1) is 0 Å². The molecule has 1 aliphatic heterocycles. The number of carbonyl (C=O) groups is 1. The van der Waals surface area contributed by atoms with Gasteiger partial charge >= 0.3 is 0 Å². The van der Waals surface area contributed by atoms with Crippen LogP contribution in [0.15, 0.2) is 43.2 Å². The fraction of sp³-hybridized carbons (Fsp3) is 0.312. The van der Waals surface area contributed by atoms with E-state index in [1.165, 1.54) is 17.3 Å². The van der Waals surface area contributed by atoms with Crippen molar-refractivity contribution in [3.05, 3.63) is 48.9 Å². The summed E-state index contributed by atoms with van der Waals surface area (Å²) in [4.78, 5) is 20.7. The number of carbonyl (C=O) groups excluding carboxylic acids is 1. The Morgan fingerprint density at radius 1 is 1.30 bits per heavy atom. The molecule has 9 nitrogen and oxygen atoms in total. The van der Waals surface area contributed by atoms with E-state index < -0.39 is 0 Å². The SMILES string of the molecule is Cl.Cl.O=C(Nc1cccnc1-n1cncn1)c1ccn(C2CCCNC2)n1. The number of pyridine rings is 1. The molecule has 0 bridgehead atoms. The van der Waals surface area contributed by atoms with Crippen LogP contribution in [0.1, 0.15) is 29.4 Å². The molecule has 2 N–H and O–H groups in total. The van der Waals surface area contributed by atoms with E-state index in [1.807, 2.05) is 10.9 Å². The second-order valence-electron chi connectivity index (χ2n) is 5.85. The Balaban J connectivity index is 0.00000131. The average molecular weight is 411 g/mol. The van der Waals surface area contributed by atoms with Gasteiger partial charge in [0.2, 0.25) is 0 Å². The van der Waals surface area contributed by atoms with Crippen LogP contribution in [0.25, 0.3) is 5.82 Å². The predicted octanol–water partition coefficient (Wildman–Crippen LogP) is 1.88. The van der Waals surface area contributed by atoms with Crippen LogP contribution < -0.4 is 10.6 Å². The van der Waals surface area contributed by atoms with Gasteiger partial charge in [0, 0.05) is 18.9 Å². The minimum absolute atomic E-state index is 0. The summed E-state index contributed by atoms with van der Waals surface area (Å²) >= 11 is 0. The van der Waals surface area contributed by atoms with Crippen LogP contribution in [0.3, 0.4) is 0 Å². The quantitative estimate of drug-likeness (QED) is 0.680. The van der Waals surface area contributed by atoms with Gasteiger partial charge < -0.3 is 10.6 Å². The van der Waals surface area contributed by atoms with Gasteiger partial charge in [-0.05, 0) is 37.6 Å². The zero-order chi connectivity index (χ0) is 17.1. The maximum atomic E-state index is 12.6. The Labute approximate surface area is 168 Å². The summed E-state index contributed by atoms with van der Waals surface area (Å²) in [5, 5.41) is 14.7. The molecule has 0 aromatic carbocycles. The molecule has 0 aliphatic carbocycles. The molecule has 144 valence electrons. The lowest BCUT2D eigenvalue weighted by atomic mass is 10.1. The molecular formula is C16H20Cl2N8O. The van der Waals surface area contributed by atoms with Crippen LogP contribution in [0.5, 0.6) is 0 Å². The molecule has 1 unspecified atom stereocenters. The smallest absolute Gasteiger partial charge is 0.276 e. The highest BCUT2D eigenvalue weighted by Gasteiger charge is 2.18. The fourth-order valence-corrected chi connectivity index (χ4v) is 2.90. The summed E-state index contributed by atoms with van der Waals surface area (Å²) in [5.74, 6) is 0.223. The van der Waals surface area contributed by atoms with Gasteiger partial charge in [-0.25, -0.2) is 14.6 Å². The Bertz CT molecular complexity index is 861. The van der Waals surface area contributed by atoms with Gasteiger partial charge in [0.25, 0.3) is 5.91 Å². The van der Waals surface area contributed by atoms with Crippen molar-refractivity contribution in [1.29, 1.82) is 0 Å². The van der Waals surface area contributed by atoms with Crippen LogP contribution >= 0.6 is 24.8 Å². The third-order valence-corrected chi connectivity index (χ3v) is 4.16. The van der Waals surface area contributed by atoms with Crippen molar-refractivity contribution in [3.63, 3.8) is 0 Å². The summed E-state index contributed by atoms with van der Waals surface area (Å²) in [5.41, 5.74) is 0.922. The molecule has 4 rings (SSSR count). The van der Waals surface area contributed by atoms with Crippen LogP contribution in [0.2, 0.25) is 0 Å². The number of piperidine rings is 1. The zero-order valence-electron chi connectivity index (χ0n) is 14.4. The normalized spacial score (nSPS) is 16.1. The van der Waals surface area contributed by atoms with Gasteiger partial charge in [0.15, 0.2) is 11.5 Å². The van der Waals surface area contributed by atoms with Crippen LogP contribution in [-0.4, -0.2) is 48.5 Å². The molecular weight excluding hydrogens is 391 g/mol. The number of anilines is 1. The van der Waals surface area contributed by atoms with Gasteiger partial charge in [-0.2, -0.15) is 10.2 Å². The second kappa shape index (κ2) is 9.45. The molecule has 4 heterocycles. The van der Waals surface area contributed by atoms with Crippen LogP contribution in [-0.2, 0) is 0 Å². The first-order valence-electron chi connectivity index (χ1n) is 8.18. The predicted molar refractivity (Wildman–Crippen MR) is 105 cm³/mol. The fourth-order valence-electron chi connectivity index (χ4n) is 2.90. The van der Waals surface area contributed by atoms with Gasteiger partial charge in [-0.1, -0.05) is 0 Å². The zero-order valence-corrected chi connectivity index (χ0v) is 16.0. The number of hydrogen-bond acceptors (Lipinski definition) is 6. The van der Waals surface area contributed by atoms with Crippen LogP contribution in [0.4, 0.5) is 5.69 Å². The number of halogens is 2. The number of nitrogens with zero attached hydrogens (tertiary/aromatic N) is 6. The van der Waals surface area contributed by atoms with Gasteiger partial charge in [0.05, 0.1) is 11.7 Å². The molecule has 0 spiro atoms. The van der Waals surface area contributed by atoms with Crippen molar-refractivity contribution in [2.24, 2.45) is 0 Å². The average Bonchev–Trinajstić information content (AvgIpc) is 3.35. The number of nitrogens with one attached hydrogen (secondary N) is 2. The summed E-state index contributed by atoms with van der Waals surface area (Å²) in [6.45, 7) is 1.92. The summed E-state index contributed by atoms with van der Waals surface area (Å²) in [7, 11) is 0. The largest absolute Gasteiger partial charge is 0.317 e. The van der Waals surface area contributed by atoms with E-state index in [2.05, 4.69) is 30.8 Å². The minimum atomic E-state index is -0.281. The first-order valence-corrected chi connectivity index (χ1v) is 8.18. The Morgan fingerprint density at radius 3 is 2.93 bits per heavy atom. The van der Waals surface area contributed by atoms with Crippen molar-refractivity contribution < 1.29 is 4.79 Å². The minimum Gasteiger partial charge on any atom is -0.317 e. The monoisotopic (exact) mass is 410 g/mol. The molecule has 1 atom stereocenters. The summed E-state index contributed by atoms with van der Waals surface area (Å²) in [6.07, 6.45) is 8.62. The summed E-state index contributed by atoms with van der Waals surface area (Å²) < 4.78 is 3.37. The Hall–Kier alpha value is -2.49. The van der Waals surface area contributed by atoms with E-state index in [0.717, 1.165) is 25.9 Å². The number of rotatable bonds is 4. The van der Waals surface area contributed by atoms with E-state index in [-0.39, 0.29) is 30.7 Å². The van der Waals surface area contributed by atoms with Crippen molar-refractivity contribution >= 4 is 36.4 Å². The Morgan fingerprint density at radius 2 is 2.19 bits per heavy atom. The highest BCUT2D eigenvalue weighted by molar-refractivity contribution is 6.03. The van der Waals surface area contributed by atoms with E-state index in [4.69, 9.17) is 0 Å². The first-order chi connectivity index (χ1) is 12.3. The van der Waals surface area contributed by atoms with Crippen molar-refractivity contribution in [2.75, 3.05) is 18.4 Å². The maximum Gasteiger partial charge on any atom is 0.276 e. The van der Waals surface area contributed by atoms with Gasteiger partial charge in [-0.3, -0.25) is 9.48 Å². The van der Waals surface area contributed by atoms with E-state index in [9.17, 15) is 4.79 Å². The molecule has 27 heavy (non-hydrogen) atoms. The van der Waals surface area contributed by atoms with E-state index >= 15 is 0 Å². The summed E-state index contributed by atoms with van der Waals surface area (Å²) in [6, 6.07) is 5.54. The topological polar surface area (TPSA) is 103 Å². The molecule has 0 radical (unpaired) electrons. The lowest BCUT2D eigenvalue weighted by molar-refractivity contribution is 0.102. The molecule has 1 saturated heterocycles. The lowest BCUT2D eigenvalue weighted by Crippen LogP contribution is -2.32. The van der Waals surface area contributed by atoms with Gasteiger partial charge in [0.1, 0.15) is 12.7 Å². The van der Waals surface area contributed by atoms with E-state index in [1.54, 1.807) is 24.4 Å². The molecule has 1 fully saturated rings. The van der Waals surface area contributed by atoms with E-state index in [0.29, 0.717) is 23.2 Å². The highest BCUT2D eigenvalue weighted by Crippen LogP contribution is 2.18. The Kier molecular flexibility index (Phi) is 7.28. The molecule has 1 aliphatic rings. The van der Waals surface area contributed by atoms with Crippen molar-refractivity contribution in [3.8, 4) is 5.82 Å². The number of hydrogen-bond donors (Lipinski definition) is 2. The molecule has 3 aromatic rings. The number of amides is 1. The standard InChI is InChI=1S/C16H18N8O.2ClH/c25-16(14-5-8-23(22-14)12-3-1-6-17-9-12)21-13-4-2-7-19-15(13)24-11-18-10-20-24;;/h2,4-5,7-8,10-12,17H,1,3,6,9H2,(H,21,25);2*1H.